The number of Topliss-reactive ketones (excluding diaryl/α,β-unsaturated/α-hetero) is 2. The Balaban J connectivity index is 1.16. The van der Waals surface area contributed by atoms with Gasteiger partial charge >= 0.3 is 7.12 Å². The van der Waals surface area contributed by atoms with E-state index in [0.717, 1.165) is 37.4 Å². The first-order chi connectivity index (χ1) is 16.0. The van der Waals surface area contributed by atoms with Crippen LogP contribution in [0.2, 0.25) is 5.82 Å². The number of ketones is 2. The molecule has 0 bridgehead atoms. The normalized spacial score (nSPS) is 25.2. The molecule has 3 aliphatic rings. The summed E-state index contributed by atoms with van der Waals surface area (Å²) in [6, 6.07) is 5.49. The van der Waals surface area contributed by atoms with E-state index in [-0.39, 0.29) is 17.4 Å². The molecule has 0 spiro atoms. The summed E-state index contributed by atoms with van der Waals surface area (Å²) in [5, 5.41) is 14.1. The van der Waals surface area contributed by atoms with Crippen molar-refractivity contribution >= 4 is 18.7 Å². The van der Waals surface area contributed by atoms with Crippen molar-refractivity contribution in [2.24, 2.45) is 17.8 Å². The number of benzene rings is 1. The van der Waals surface area contributed by atoms with E-state index < -0.39 is 7.12 Å². The number of para-hydroxylation sites is 1. The molecule has 2 unspecified atom stereocenters. The van der Waals surface area contributed by atoms with Crippen LogP contribution < -0.4 is 9.97 Å². The fourth-order valence-electron chi connectivity index (χ4n) is 6.30. The third-order valence-corrected chi connectivity index (χ3v) is 8.13. The van der Waals surface area contributed by atoms with Crippen molar-refractivity contribution in [2.45, 2.75) is 89.8 Å². The number of fused-ring (bicyclic) bond motifs is 1. The molecule has 1 heterocycles. The largest absolute Gasteiger partial charge is 0.535 e. The quantitative estimate of drug-likeness (QED) is 0.280. The van der Waals surface area contributed by atoms with E-state index in [2.05, 4.69) is 5.32 Å². The first-order valence-corrected chi connectivity index (χ1v) is 13.2. The Hall–Kier alpha value is -1.66. The Labute approximate surface area is 199 Å². The van der Waals surface area contributed by atoms with Gasteiger partial charge in [0.2, 0.25) is 0 Å². The first-order valence-electron chi connectivity index (χ1n) is 13.2. The molecule has 0 radical (unpaired) electrons. The number of hydrogen-bond donors (Lipinski definition) is 2. The monoisotopic (exact) mass is 453 g/mol. The molecular formula is C27H40BNO4. The van der Waals surface area contributed by atoms with Crippen LogP contribution >= 0.6 is 0 Å². The summed E-state index contributed by atoms with van der Waals surface area (Å²) in [5.74, 6) is 2.53. The van der Waals surface area contributed by atoms with Crippen LogP contribution in [-0.2, 0) is 11.2 Å². The molecular weight excluding hydrogens is 413 g/mol. The molecule has 2 saturated carbocycles. The van der Waals surface area contributed by atoms with E-state index in [1.54, 1.807) is 6.07 Å². The smallest absolute Gasteiger partial charge is 0.526 e. The van der Waals surface area contributed by atoms with Crippen molar-refractivity contribution in [3.63, 3.8) is 0 Å². The van der Waals surface area contributed by atoms with Gasteiger partial charge in [-0.1, -0.05) is 37.8 Å². The molecule has 2 fully saturated rings. The summed E-state index contributed by atoms with van der Waals surface area (Å²) in [6.07, 6.45) is 13.4. The maximum absolute atomic E-state index is 12.8. The van der Waals surface area contributed by atoms with Crippen molar-refractivity contribution in [3.8, 4) is 5.75 Å². The van der Waals surface area contributed by atoms with Gasteiger partial charge in [-0.2, -0.15) is 0 Å². The predicted octanol–water partition coefficient (Wildman–Crippen LogP) is 5.00. The van der Waals surface area contributed by atoms with Gasteiger partial charge in [-0.05, 0) is 87.9 Å². The molecule has 180 valence electrons. The zero-order valence-electron chi connectivity index (χ0n) is 20.2. The van der Waals surface area contributed by atoms with Gasteiger partial charge < -0.3 is 15.0 Å². The molecule has 6 heteroatoms. The van der Waals surface area contributed by atoms with E-state index in [1.165, 1.54) is 51.9 Å². The highest BCUT2D eigenvalue weighted by Crippen LogP contribution is 2.38. The number of hydrogen-bond acceptors (Lipinski definition) is 5. The Morgan fingerprint density at radius 1 is 1.09 bits per heavy atom. The zero-order chi connectivity index (χ0) is 23.2. The third-order valence-electron chi connectivity index (χ3n) is 8.13. The Morgan fingerprint density at radius 2 is 1.88 bits per heavy atom. The van der Waals surface area contributed by atoms with E-state index >= 15 is 0 Å². The number of carbonyl (C=O) groups is 2. The van der Waals surface area contributed by atoms with E-state index in [4.69, 9.17) is 4.65 Å². The van der Waals surface area contributed by atoms with Crippen molar-refractivity contribution < 1.29 is 19.3 Å². The lowest BCUT2D eigenvalue weighted by molar-refractivity contribution is -0.120. The first kappa shape index (κ1) is 24.5. The molecule has 0 aromatic heterocycles. The van der Waals surface area contributed by atoms with Crippen LogP contribution in [0.15, 0.2) is 18.2 Å². The molecule has 2 aliphatic carbocycles. The lowest BCUT2D eigenvalue weighted by Crippen LogP contribution is -2.35. The van der Waals surface area contributed by atoms with Gasteiger partial charge in [0.25, 0.3) is 0 Å². The minimum Gasteiger partial charge on any atom is -0.535 e. The lowest BCUT2D eigenvalue weighted by atomic mass is 9.64. The zero-order valence-corrected chi connectivity index (χ0v) is 20.2. The molecule has 1 aromatic rings. The van der Waals surface area contributed by atoms with Crippen LogP contribution in [0, 0.1) is 17.8 Å². The molecule has 33 heavy (non-hydrogen) atoms. The van der Waals surface area contributed by atoms with Crippen LogP contribution in [0.3, 0.4) is 0 Å². The molecule has 0 amide bonds. The molecule has 0 saturated heterocycles. The average molecular weight is 453 g/mol. The van der Waals surface area contributed by atoms with E-state index in [0.29, 0.717) is 42.4 Å². The number of carbonyl (C=O) groups excluding carboxylic acids is 2. The summed E-state index contributed by atoms with van der Waals surface area (Å²) in [7, 11) is -1.04. The van der Waals surface area contributed by atoms with Crippen molar-refractivity contribution in [2.75, 3.05) is 13.1 Å². The standard InChI is InChI=1S/C27H40BNO4/c1-19(30)26-10-4-9-23-16-24(28(32)33-27(23)26)17-25(31)15-21-11-12-22(14-21)18-29-13-5-8-20-6-2-3-7-20/h4,9-10,20-22,24,29,32H,2-3,5-8,11-18H2,1H3/t21?,22?,24-/m1/s1. The van der Waals surface area contributed by atoms with Gasteiger partial charge in [0.1, 0.15) is 11.5 Å². The summed E-state index contributed by atoms with van der Waals surface area (Å²) in [6.45, 7) is 3.71. The van der Waals surface area contributed by atoms with Gasteiger partial charge in [-0.3, -0.25) is 9.59 Å². The highest BCUT2D eigenvalue weighted by Gasteiger charge is 2.38. The number of rotatable bonds is 11. The molecule has 1 aromatic carbocycles. The summed E-state index contributed by atoms with van der Waals surface area (Å²) >= 11 is 0. The second kappa shape index (κ2) is 11.7. The Morgan fingerprint density at radius 3 is 2.67 bits per heavy atom. The van der Waals surface area contributed by atoms with Gasteiger partial charge in [-0.15, -0.1) is 0 Å². The maximum Gasteiger partial charge on any atom is 0.526 e. The molecule has 4 rings (SSSR count). The summed E-state index contributed by atoms with van der Waals surface area (Å²) in [4.78, 5) is 24.6. The second-order valence-corrected chi connectivity index (χ2v) is 10.8. The van der Waals surface area contributed by atoms with Crippen LogP contribution in [0.4, 0.5) is 0 Å². The minimum atomic E-state index is -1.04. The van der Waals surface area contributed by atoms with Crippen molar-refractivity contribution in [1.29, 1.82) is 0 Å². The molecule has 1 aliphatic heterocycles. The third kappa shape index (κ3) is 6.70. The summed E-state index contributed by atoms with van der Waals surface area (Å²) in [5.41, 5.74) is 1.41. The second-order valence-electron chi connectivity index (χ2n) is 10.8. The van der Waals surface area contributed by atoms with Crippen molar-refractivity contribution in [1.82, 2.24) is 5.32 Å². The van der Waals surface area contributed by atoms with Crippen LogP contribution in [0.25, 0.3) is 0 Å². The fourth-order valence-corrected chi connectivity index (χ4v) is 6.30. The van der Waals surface area contributed by atoms with Crippen molar-refractivity contribution in [3.05, 3.63) is 29.3 Å². The summed E-state index contributed by atoms with van der Waals surface area (Å²) < 4.78 is 5.70. The minimum absolute atomic E-state index is 0.0762. The van der Waals surface area contributed by atoms with Crippen LogP contribution in [0.5, 0.6) is 5.75 Å². The van der Waals surface area contributed by atoms with E-state index in [9.17, 15) is 14.6 Å². The van der Waals surface area contributed by atoms with E-state index in [1.807, 2.05) is 12.1 Å². The van der Waals surface area contributed by atoms with Gasteiger partial charge in [-0.25, -0.2) is 0 Å². The molecule has 3 atom stereocenters. The maximum atomic E-state index is 12.8. The molecule has 5 nitrogen and oxygen atoms in total. The topological polar surface area (TPSA) is 75.6 Å². The number of nitrogens with one attached hydrogen (secondary N) is 1. The Bertz CT molecular complexity index is 822. The lowest BCUT2D eigenvalue weighted by Gasteiger charge is -2.28. The molecule has 2 N–H and O–H groups in total. The van der Waals surface area contributed by atoms with Gasteiger partial charge in [0, 0.05) is 18.7 Å². The highest BCUT2D eigenvalue weighted by atomic mass is 16.5. The predicted molar refractivity (Wildman–Crippen MR) is 132 cm³/mol. The SMILES string of the molecule is CC(=O)c1cccc2c1OB(O)[C@@H](CC(=O)CC1CCC(CNCCCC3CCCC3)C1)C2. The highest BCUT2D eigenvalue weighted by molar-refractivity contribution is 6.47. The van der Waals surface area contributed by atoms with Gasteiger partial charge in [0.15, 0.2) is 5.78 Å². The fraction of sp³-hybridized carbons (Fsp3) is 0.704. The van der Waals surface area contributed by atoms with Crippen LogP contribution in [0.1, 0.15) is 93.5 Å². The Kier molecular flexibility index (Phi) is 8.64. The van der Waals surface area contributed by atoms with Gasteiger partial charge in [0.05, 0.1) is 5.56 Å². The van der Waals surface area contributed by atoms with Crippen LogP contribution in [-0.4, -0.2) is 36.8 Å². The average Bonchev–Trinajstić information content (AvgIpc) is 3.46.